The third kappa shape index (κ3) is 2.88. The lowest BCUT2D eigenvalue weighted by Gasteiger charge is -2.17. The molecule has 0 saturated carbocycles. The molecular weight excluding hydrogens is 304 g/mol. The van der Waals surface area contributed by atoms with Gasteiger partial charge in [0, 0.05) is 6.07 Å². The summed E-state index contributed by atoms with van der Waals surface area (Å²) in [7, 11) is 0. The highest BCUT2D eigenvalue weighted by molar-refractivity contribution is 5.99. The molecule has 1 amide bonds. The molecule has 1 aliphatic rings. The summed E-state index contributed by atoms with van der Waals surface area (Å²) in [4.78, 5) is 22.1. The molecule has 2 rings (SSSR count). The molecule has 22 heavy (non-hydrogen) atoms. The van der Waals surface area contributed by atoms with Gasteiger partial charge in [0.2, 0.25) is 0 Å². The van der Waals surface area contributed by atoms with E-state index in [0.717, 1.165) is 6.07 Å². The molecule has 10 heteroatoms. The van der Waals surface area contributed by atoms with Crippen molar-refractivity contribution in [3.63, 3.8) is 0 Å². The molecule has 0 aliphatic carbocycles. The Labute approximate surface area is 122 Å². The molecule has 1 aromatic carbocycles. The van der Waals surface area contributed by atoms with Crippen molar-refractivity contribution < 1.29 is 28.0 Å². The van der Waals surface area contributed by atoms with Crippen LogP contribution < -0.4 is 14.8 Å². The van der Waals surface area contributed by atoms with Crippen LogP contribution in [0.25, 0.3) is 0 Å². The molecule has 0 saturated heterocycles. The summed E-state index contributed by atoms with van der Waals surface area (Å²) in [6, 6.07) is 3.22. The maximum atomic E-state index is 13.0. The number of nitro benzene ring substituents is 1. The highest BCUT2D eigenvalue weighted by Gasteiger charge is 2.45. The van der Waals surface area contributed by atoms with Crippen molar-refractivity contribution in [1.29, 1.82) is 5.26 Å². The summed E-state index contributed by atoms with van der Waals surface area (Å²) < 4.78 is 34.2. The Morgan fingerprint density at radius 3 is 2.45 bits per heavy atom. The van der Waals surface area contributed by atoms with Crippen LogP contribution >= 0.6 is 0 Å². The van der Waals surface area contributed by atoms with E-state index in [4.69, 9.17) is 5.26 Å². The smallest absolute Gasteiger partial charge is 0.395 e. The number of hydrogen-bond acceptors (Lipinski definition) is 6. The molecule has 8 nitrogen and oxygen atoms in total. The molecule has 1 aliphatic heterocycles. The summed E-state index contributed by atoms with van der Waals surface area (Å²) in [5, 5.41) is 22.1. The van der Waals surface area contributed by atoms with E-state index in [2.05, 4.69) is 14.8 Å². The van der Waals surface area contributed by atoms with Gasteiger partial charge in [-0.15, -0.1) is 8.78 Å². The Bertz CT molecular complexity index is 711. The highest BCUT2D eigenvalue weighted by Crippen LogP contribution is 2.44. The first-order valence-corrected chi connectivity index (χ1v) is 5.87. The van der Waals surface area contributed by atoms with Gasteiger partial charge in [-0.2, -0.15) is 5.26 Å². The number of carbonyl (C=O) groups excluding carboxylic acids is 1. The highest BCUT2D eigenvalue weighted by atomic mass is 19.3. The molecule has 0 unspecified atom stereocenters. The van der Waals surface area contributed by atoms with Gasteiger partial charge < -0.3 is 14.8 Å². The Balaban J connectivity index is 2.46. The largest absolute Gasteiger partial charge is 0.586 e. The number of rotatable bonds is 3. The molecule has 0 atom stereocenters. The number of nitro groups is 1. The summed E-state index contributed by atoms with van der Waals surface area (Å²) in [6.07, 6.45) is -3.96. The topological polar surface area (TPSA) is 114 Å². The Morgan fingerprint density at radius 2 is 1.95 bits per heavy atom. The molecule has 116 valence electrons. The van der Waals surface area contributed by atoms with Crippen LogP contribution in [0.5, 0.6) is 11.5 Å². The minimum Gasteiger partial charge on any atom is -0.395 e. The van der Waals surface area contributed by atoms with Crippen molar-refractivity contribution in [2.45, 2.75) is 25.7 Å². The SMILES string of the molecule is CC(C)(C#N)NC(=O)c1cc2c(cc1[N+](=O)[O-])OC(F)(F)O2. The van der Waals surface area contributed by atoms with Crippen LogP contribution in [-0.4, -0.2) is 22.7 Å². The summed E-state index contributed by atoms with van der Waals surface area (Å²) in [6.45, 7) is 2.75. The second-order valence-corrected chi connectivity index (χ2v) is 4.93. The van der Waals surface area contributed by atoms with Gasteiger partial charge in [-0.25, -0.2) is 0 Å². The second-order valence-electron chi connectivity index (χ2n) is 4.93. The van der Waals surface area contributed by atoms with E-state index in [0.29, 0.717) is 6.07 Å². The number of halogens is 2. The van der Waals surface area contributed by atoms with E-state index in [1.165, 1.54) is 13.8 Å². The minimum atomic E-state index is -3.96. The molecule has 0 bridgehead atoms. The van der Waals surface area contributed by atoms with Crippen molar-refractivity contribution in [2.75, 3.05) is 0 Å². The normalized spacial score (nSPS) is 15.0. The number of amides is 1. The first-order chi connectivity index (χ1) is 10.0. The Morgan fingerprint density at radius 1 is 1.41 bits per heavy atom. The zero-order valence-electron chi connectivity index (χ0n) is 11.3. The Hall–Kier alpha value is -2.96. The predicted molar refractivity (Wildman–Crippen MR) is 66.5 cm³/mol. The fraction of sp³-hybridized carbons (Fsp3) is 0.333. The summed E-state index contributed by atoms with van der Waals surface area (Å²) in [5.74, 6) is -2.02. The van der Waals surface area contributed by atoms with E-state index in [1.54, 1.807) is 6.07 Å². The van der Waals surface area contributed by atoms with Gasteiger partial charge in [0.25, 0.3) is 11.6 Å². The molecule has 0 fully saturated rings. The van der Waals surface area contributed by atoms with Crippen molar-refractivity contribution >= 4 is 11.6 Å². The van der Waals surface area contributed by atoms with Crippen LogP contribution in [0.3, 0.4) is 0 Å². The number of ether oxygens (including phenoxy) is 2. The maximum Gasteiger partial charge on any atom is 0.586 e. The average Bonchev–Trinajstić information content (AvgIpc) is 2.69. The van der Waals surface area contributed by atoms with Gasteiger partial charge in [-0.1, -0.05) is 0 Å². The monoisotopic (exact) mass is 313 g/mol. The van der Waals surface area contributed by atoms with Crippen LogP contribution in [0.2, 0.25) is 0 Å². The standard InChI is InChI=1S/C12H9F2N3O5/c1-11(2,5-15)16-10(18)6-3-8-9(4-7(6)17(19)20)22-12(13,14)21-8/h3-4H,1-2H3,(H,16,18). The number of carbonyl (C=O) groups is 1. The molecule has 0 spiro atoms. The summed E-state index contributed by atoms with van der Waals surface area (Å²) in [5.41, 5.74) is -2.56. The van der Waals surface area contributed by atoms with E-state index in [9.17, 15) is 23.7 Å². The molecular formula is C12H9F2N3O5. The molecule has 1 N–H and O–H groups in total. The van der Waals surface area contributed by atoms with Crippen LogP contribution in [0.15, 0.2) is 12.1 Å². The number of hydrogen-bond donors (Lipinski definition) is 1. The van der Waals surface area contributed by atoms with Crippen molar-refractivity contribution in [1.82, 2.24) is 5.32 Å². The van der Waals surface area contributed by atoms with Crippen molar-refractivity contribution in [3.05, 3.63) is 27.8 Å². The van der Waals surface area contributed by atoms with Crippen LogP contribution in [-0.2, 0) is 0 Å². The Kier molecular flexibility index (Phi) is 3.37. The molecule has 1 heterocycles. The lowest BCUT2D eigenvalue weighted by Crippen LogP contribution is -2.42. The number of nitrogens with zero attached hydrogens (tertiary/aromatic N) is 2. The minimum absolute atomic E-state index is 0.504. The zero-order chi connectivity index (χ0) is 16.7. The first-order valence-electron chi connectivity index (χ1n) is 5.87. The van der Waals surface area contributed by atoms with Gasteiger partial charge in [-0.3, -0.25) is 14.9 Å². The summed E-state index contributed by atoms with van der Waals surface area (Å²) >= 11 is 0. The van der Waals surface area contributed by atoms with Gasteiger partial charge >= 0.3 is 6.29 Å². The fourth-order valence-electron chi connectivity index (χ4n) is 1.70. The van der Waals surface area contributed by atoms with Crippen molar-refractivity contribution in [3.8, 4) is 17.6 Å². The first kappa shape index (κ1) is 15.4. The molecule has 0 radical (unpaired) electrons. The number of nitrogens with one attached hydrogen (secondary N) is 1. The van der Waals surface area contributed by atoms with E-state index in [-0.39, 0.29) is 0 Å². The van der Waals surface area contributed by atoms with E-state index in [1.807, 2.05) is 0 Å². The third-order valence-electron chi connectivity index (χ3n) is 2.67. The number of benzene rings is 1. The van der Waals surface area contributed by atoms with Crippen LogP contribution in [0.1, 0.15) is 24.2 Å². The average molecular weight is 313 g/mol. The lowest BCUT2D eigenvalue weighted by atomic mass is 10.1. The molecule has 1 aromatic rings. The number of fused-ring (bicyclic) bond motifs is 1. The van der Waals surface area contributed by atoms with Gasteiger partial charge in [0.15, 0.2) is 11.5 Å². The number of nitriles is 1. The molecule has 0 aromatic heterocycles. The van der Waals surface area contributed by atoms with E-state index >= 15 is 0 Å². The van der Waals surface area contributed by atoms with Crippen LogP contribution in [0, 0.1) is 21.4 Å². The zero-order valence-corrected chi connectivity index (χ0v) is 11.3. The van der Waals surface area contributed by atoms with Gasteiger partial charge in [0.05, 0.1) is 17.1 Å². The van der Waals surface area contributed by atoms with Crippen LogP contribution in [0.4, 0.5) is 14.5 Å². The van der Waals surface area contributed by atoms with Gasteiger partial charge in [0.1, 0.15) is 11.1 Å². The quantitative estimate of drug-likeness (QED) is 0.673. The van der Waals surface area contributed by atoms with Gasteiger partial charge in [-0.05, 0) is 13.8 Å². The van der Waals surface area contributed by atoms with E-state index < -0.39 is 45.4 Å². The fourth-order valence-corrected chi connectivity index (χ4v) is 1.70. The second kappa shape index (κ2) is 4.80. The predicted octanol–water partition coefficient (Wildman–Crippen LogP) is 1.95. The lowest BCUT2D eigenvalue weighted by molar-refractivity contribution is -0.385. The number of alkyl halides is 2. The maximum absolute atomic E-state index is 13.0. The van der Waals surface area contributed by atoms with Crippen molar-refractivity contribution in [2.24, 2.45) is 0 Å². The third-order valence-corrected chi connectivity index (χ3v) is 2.67.